The number of hydrogen-bond acceptors (Lipinski definition) is 3. The molecule has 1 aromatic rings. The summed E-state index contributed by atoms with van der Waals surface area (Å²) in [7, 11) is 0. The molecule has 0 aliphatic carbocycles. The van der Waals surface area contributed by atoms with Crippen molar-refractivity contribution < 1.29 is 4.79 Å². The van der Waals surface area contributed by atoms with Crippen molar-refractivity contribution in [2.75, 3.05) is 18.1 Å². The molecule has 0 atom stereocenters. The molecule has 0 saturated heterocycles. The highest BCUT2D eigenvalue weighted by Gasteiger charge is 2.12. The van der Waals surface area contributed by atoms with Crippen LogP contribution in [0, 0.1) is 0 Å². The number of amides is 1. The normalized spacial score (nSPS) is 11.3. The monoisotopic (exact) mass is 252 g/mol. The Bertz CT molecular complexity index is 385. The summed E-state index contributed by atoms with van der Waals surface area (Å²) in [5.74, 6) is -0.0126. The lowest BCUT2D eigenvalue weighted by atomic mass is 10.1. The third-order valence-corrected chi connectivity index (χ3v) is 2.96. The highest BCUT2D eigenvalue weighted by molar-refractivity contribution is 7.98. The predicted molar refractivity (Wildman–Crippen MR) is 74.6 cm³/mol. The number of anilines is 1. The number of carbonyl (C=O) groups is 1. The van der Waals surface area contributed by atoms with Gasteiger partial charge in [-0.25, -0.2) is 0 Å². The molecule has 0 saturated carbocycles. The second-order valence-electron chi connectivity index (χ2n) is 4.85. The van der Waals surface area contributed by atoms with Gasteiger partial charge < -0.3 is 10.6 Å². The van der Waals surface area contributed by atoms with E-state index in [1.165, 1.54) is 0 Å². The highest BCUT2D eigenvalue weighted by atomic mass is 32.2. The van der Waals surface area contributed by atoms with E-state index in [0.29, 0.717) is 6.54 Å². The van der Waals surface area contributed by atoms with Crippen molar-refractivity contribution in [3.05, 3.63) is 24.3 Å². The molecule has 0 aliphatic rings. The van der Waals surface area contributed by atoms with Gasteiger partial charge in [0.2, 0.25) is 5.91 Å². The Labute approximate surface area is 107 Å². The lowest BCUT2D eigenvalue weighted by Crippen LogP contribution is -2.41. The van der Waals surface area contributed by atoms with Gasteiger partial charge in [0.15, 0.2) is 0 Å². The maximum absolute atomic E-state index is 11.7. The molecular formula is C13H20N2OS. The maximum Gasteiger partial charge on any atom is 0.238 e. The van der Waals surface area contributed by atoms with Crippen molar-refractivity contribution in [2.24, 2.45) is 0 Å². The average Bonchev–Trinajstić information content (AvgIpc) is 2.26. The van der Waals surface area contributed by atoms with Gasteiger partial charge in [0.05, 0.1) is 12.2 Å². The zero-order valence-corrected chi connectivity index (χ0v) is 11.6. The van der Waals surface area contributed by atoms with Crippen molar-refractivity contribution in [3.8, 4) is 0 Å². The number of thioether (sulfide) groups is 1. The van der Waals surface area contributed by atoms with E-state index in [-0.39, 0.29) is 11.4 Å². The van der Waals surface area contributed by atoms with E-state index in [1.54, 1.807) is 11.8 Å². The number of nitrogens with one attached hydrogen (secondary N) is 2. The topological polar surface area (TPSA) is 41.1 Å². The van der Waals surface area contributed by atoms with Crippen LogP contribution in [0.25, 0.3) is 0 Å². The Morgan fingerprint density at radius 1 is 1.29 bits per heavy atom. The molecule has 0 spiro atoms. The first-order valence-electron chi connectivity index (χ1n) is 5.60. The molecule has 4 heteroatoms. The van der Waals surface area contributed by atoms with Crippen molar-refractivity contribution >= 4 is 23.4 Å². The summed E-state index contributed by atoms with van der Waals surface area (Å²) in [6.07, 6.45) is 2.00. The van der Waals surface area contributed by atoms with E-state index in [9.17, 15) is 4.79 Å². The minimum Gasteiger partial charge on any atom is -0.324 e. The van der Waals surface area contributed by atoms with Gasteiger partial charge in [0, 0.05) is 10.4 Å². The molecule has 0 aliphatic heterocycles. The lowest BCUT2D eigenvalue weighted by Gasteiger charge is -2.20. The van der Waals surface area contributed by atoms with Crippen molar-refractivity contribution in [1.82, 2.24) is 5.32 Å². The highest BCUT2D eigenvalue weighted by Crippen LogP contribution is 2.24. The summed E-state index contributed by atoms with van der Waals surface area (Å²) in [4.78, 5) is 12.8. The minimum atomic E-state index is -0.0453. The first-order valence-corrected chi connectivity index (χ1v) is 6.83. The van der Waals surface area contributed by atoms with Crippen molar-refractivity contribution in [1.29, 1.82) is 0 Å². The molecule has 17 heavy (non-hydrogen) atoms. The number of para-hydroxylation sites is 1. The molecule has 0 heterocycles. The Balaban J connectivity index is 2.56. The quantitative estimate of drug-likeness (QED) is 0.810. The van der Waals surface area contributed by atoms with Crippen LogP contribution >= 0.6 is 11.8 Å². The molecule has 0 aromatic heterocycles. The smallest absolute Gasteiger partial charge is 0.238 e. The summed E-state index contributed by atoms with van der Waals surface area (Å²) in [6.45, 7) is 6.44. The first kappa shape index (κ1) is 14.1. The standard InChI is InChI=1S/C13H20N2OS/c1-13(2,3)14-9-12(16)15-10-7-5-6-8-11(10)17-4/h5-8,14H,9H2,1-4H3,(H,15,16). The van der Waals surface area contributed by atoms with E-state index < -0.39 is 0 Å². The molecule has 3 nitrogen and oxygen atoms in total. The fourth-order valence-corrected chi connectivity index (χ4v) is 1.84. The summed E-state index contributed by atoms with van der Waals surface area (Å²) in [6, 6.07) is 7.81. The Morgan fingerprint density at radius 2 is 1.94 bits per heavy atom. The first-order chi connectivity index (χ1) is 7.92. The Kier molecular flexibility index (Phi) is 5.02. The van der Waals surface area contributed by atoms with Gasteiger partial charge in [-0.05, 0) is 39.2 Å². The van der Waals surface area contributed by atoms with Crippen LogP contribution in [0.5, 0.6) is 0 Å². The van der Waals surface area contributed by atoms with E-state index in [1.807, 2.05) is 51.3 Å². The summed E-state index contributed by atoms with van der Waals surface area (Å²) in [5.41, 5.74) is 0.830. The lowest BCUT2D eigenvalue weighted by molar-refractivity contribution is -0.115. The third kappa shape index (κ3) is 5.24. The van der Waals surface area contributed by atoms with Gasteiger partial charge in [-0.15, -0.1) is 11.8 Å². The van der Waals surface area contributed by atoms with E-state index >= 15 is 0 Å². The molecule has 0 unspecified atom stereocenters. The Hall–Kier alpha value is -1.00. The molecular weight excluding hydrogens is 232 g/mol. The van der Waals surface area contributed by atoms with Gasteiger partial charge in [-0.1, -0.05) is 12.1 Å². The van der Waals surface area contributed by atoms with Gasteiger partial charge in [-0.3, -0.25) is 4.79 Å². The van der Waals surface area contributed by atoms with Gasteiger partial charge in [0.25, 0.3) is 0 Å². The van der Waals surface area contributed by atoms with Crippen LogP contribution < -0.4 is 10.6 Å². The van der Waals surface area contributed by atoms with Gasteiger partial charge in [0.1, 0.15) is 0 Å². The van der Waals surface area contributed by atoms with Crippen LogP contribution in [0.3, 0.4) is 0 Å². The zero-order valence-electron chi connectivity index (χ0n) is 10.8. The molecule has 1 aromatic carbocycles. The van der Waals surface area contributed by atoms with Crippen LogP contribution in [-0.4, -0.2) is 24.2 Å². The number of hydrogen-bond donors (Lipinski definition) is 2. The second kappa shape index (κ2) is 6.07. The third-order valence-electron chi connectivity index (χ3n) is 2.16. The van der Waals surface area contributed by atoms with E-state index in [4.69, 9.17) is 0 Å². The molecule has 1 rings (SSSR count). The number of rotatable bonds is 4. The van der Waals surface area contributed by atoms with Crippen molar-refractivity contribution in [2.45, 2.75) is 31.2 Å². The predicted octanol–water partition coefficient (Wildman–Crippen LogP) is 2.74. The SMILES string of the molecule is CSc1ccccc1NC(=O)CNC(C)(C)C. The second-order valence-corrected chi connectivity index (χ2v) is 5.70. The molecule has 0 radical (unpaired) electrons. The minimum absolute atomic E-state index is 0.0126. The summed E-state index contributed by atoms with van der Waals surface area (Å²) >= 11 is 1.63. The van der Waals surface area contributed by atoms with E-state index in [2.05, 4.69) is 10.6 Å². The molecule has 2 N–H and O–H groups in total. The molecule has 0 bridgehead atoms. The maximum atomic E-state index is 11.7. The average molecular weight is 252 g/mol. The van der Waals surface area contributed by atoms with Crippen LogP contribution in [0.4, 0.5) is 5.69 Å². The molecule has 0 fully saturated rings. The van der Waals surface area contributed by atoms with Crippen LogP contribution in [0.1, 0.15) is 20.8 Å². The summed E-state index contributed by atoms with van der Waals surface area (Å²) < 4.78 is 0. The van der Waals surface area contributed by atoms with Crippen LogP contribution in [0.2, 0.25) is 0 Å². The van der Waals surface area contributed by atoms with E-state index in [0.717, 1.165) is 10.6 Å². The zero-order chi connectivity index (χ0) is 12.9. The van der Waals surface area contributed by atoms with Crippen LogP contribution in [-0.2, 0) is 4.79 Å². The molecule has 1 amide bonds. The fourth-order valence-electron chi connectivity index (χ4n) is 1.29. The van der Waals surface area contributed by atoms with Gasteiger partial charge in [-0.2, -0.15) is 0 Å². The molecule has 94 valence electrons. The van der Waals surface area contributed by atoms with Gasteiger partial charge >= 0.3 is 0 Å². The summed E-state index contributed by atoms with van der Waals surface area (Å²) in [5, 5.41) is 6.07. The fraction of sp³-hybridized carbons (Fsp3) is 0.462. The van der Waals surface area contributed by atoms with Crippen molar-refractivity contribution in [3.63, 3.8) is 0 Å². The largest absolute Gasteiger partial charge is 0.324 e. The Morgan fingerprint density at radius 3 is 2.53 bits per heavy atom. The number of carbonyl (C=O) groups excluding carboxylic acids is 1. The van der Waals surface area contributed by atoms with Crippen LogP contribution in [0.15, 0.2) is 29.2 Å². The number of benzene rings is 1.